The average Bonchev–Trinajstić information content (AvgIpc) is 2.74. The molecule has 30 heavy (non-hydrogen) atoms. The molecule has 1 aliphatic heterocycles. The minimum Gasteiger partial charge on any atom is -0.339 e. The largest absolute Gasteiger partial charge is 0.339 e. The molecule has 0 unspecified atom stereocenters. The van der Waals surface area contributed by atoms with Crippen molar-refractivity contribution in [3.05, 3.63) is 65.7 Å². The molecule has 1 fully saturated rings. The van der Waals surface area contributed by atoms with Crippen molar-refractivity contribution < 1.29 is 14.4 Å². The number of nitrogens with one attached hydrogen (secondary N) is 2. The number of piperidine rings is 1. The smallest absolute Gasteiger partial charge is 0.246 e. The van der Waals surface area contributed by atoms with Crippen LogP contribution in [0.1, 0.15) is 30.9 Å². The Morgan fingerprint density at radius 3 is 2.33 bits per heavy atom. The van der Waals surface area contributed by atoms with E-state index in [-0.39, 0.29) is 23.6 Å². The quantitative estimate of drug-likeness (QED) is 0.742. The molecule has 0 aliphatic carbocycles. The zero-order valence-corrected chi connectivity index (χ0v) is 17.4. The molecule has 2 aromatic rings. The predicted molar refractivity (Wildman–Crippen MR) is 119 cm³/mol. The highest BCUT2D eigenvalue weighted by atomic mass is 16.2. The second kappa shape index (κ2) is 9.87. The van der Waals surface area contributed by atoms with Crippen LogP contribution in [0.4, 0.5) is 11.4 Å². The summed E-state index contributed by atoms with van der Waals surface area (Å²) in [5.41, 5.74) is 3.15. The van der Waals surface area contributed by atoms with Crippen molar-refractivity contribution in [3.63, 3.8) is 0 Å². The van der Waals surface area contributed by atoms with Gasteiger partial charge >= 0.3 is 0 Å². The van der Waals surface area contributed by atoms with Crippen molar-refractivity contribution in [1.29, 1.82) is 0 Å². The van der Waals surface area contributed by atoms with E-state index in [4.69, 9.17) is 0 Å². The van der Waals surface area contributed by atoms with Crippen LogP contribution in [0.3, 0.4) is 0 Å². The van der Waals surface area contributed by atoms with Gasteiger partial charge < -0.3 is 15.5 Å². The number of nitrogens with zero attached hydrogens (tertiary/aromatic N) is 1. The molecule has 3 amide bonds. The Morgan fingerprint density at radius 1 is 0.967 bits per heavy atom. The molecule has 156 valence electrons. The Kier molecular flexibility index (Phi) is 7.01. The molecule has 0 radical (unpaired) electrons. The van der Waals surface area contributed by atoms with Crippen molar-refractivity contribution in [1.82, 2.24) is 4.90 Å². The molecule has 0 saturated carbocycles. The molecule has 6 nitrogen and oxygen atoms in total. The van der Waals surface area contributed by atoms with Gasteiger partial charge in [0, 0.05) is 32.0 Å². The second-order valence-electron chi connectivity index (χ2n) is 7.56. The Labute approximate surface area is 177 Å². The summed E-state index contributed by atoms with van der Waals surface area (Å²) >= 11 is 0. The van der Waals surface area contributed by atoms with E-state index in [0.29, 0.717) is 37.3 Å². The molecule has 3 rings (SSSR count). The number of rotatable bonds is 5. The molecule has 1 aliphatic rings. The van der Waals surface area contributed by atoms with Gasteiger partial charge in [-0.1, -0.05) is 36.4 Å². The van der Waals surface area contributed by atoms with E-state index in [1.807, 2.05) is 55.5 Å². The minimum atomic E-state index is -0.190. The fraction of sp³-hybridized carbons (Fsp3) is 0.292. The van der Waals surface area contributed by atoms with Crippen LogP contribution in [0.25, 0.3) is 6.08 Å². The number of amides is 3. The molecular weight excluding hydrogens is 378 g/mol. The highest BCUT2D eigenvalue weighted by molar-refractivity contribution is 6.00. The maximum Gasteiger partial charge on any atom is 0.246 e. The zero-order chi connectivity index (χ0) is 21.5. The topological polar surface area (TPSA) is 78.5 Å². The highest BCUT2D eigenvalue weighted by Crippen LogP contribution is 2.26. The van der Waals surface area contributed by atoms with E-state index >= 15 is 0 Å². The van der Waals surface area contributed by atoms with E-state index in [9.17, 15) is 14.4 Å². The van der Waals surface area contributed by atoms with Gasteiger partial charge in [-0.15, -0.1) is 0 Å². The van der Waals surface area contributed by atoms with Crippen LogP contribution in [0.5, 0.6) is 0 Å². The lowest BCUT2D eigenvalue weighted by Gasteiger charge is -2.30. The van der Waals surface area contributed by atoms with E-state index < -0.39 is 0 Å². The van der Waals surface area contributed by atoms with Crippen molar-refractivity contribution in [2.24, 2.45) is 5.92 Å². The summed E-state index contributed by atoms with van der Waals surface area (Å²) in [7, 11) is 0. The first-order chi connectivity index (χ1) is 14.4. The Balaban J connectivity index is 1.55. The number of anilines is 2. The first kappa shape index (κ1) is 21.3. The lowest BCUT2D eigenvalue weighted by Crippen LogP contribution is -2.40. The van der Waals surface area contributed by atoms with Gasteiger partial charge in [-0.3, -0.25) is 14.4 Å². The third-order valence-electron chi connectivity index (χ3n) is 5.14. The maximum atomic E-state index is 12.8. The van der Waals surface area contributed by atoms with Crippen molar-refractivity contribution >= 4 is 35.2 Å². The van der Waals surface area contributed by atoms with Crippen LogP contribution >= 0.6 is 0 Å². The SMILES string of the molecule is CC(=O)Nc1ccc(C)cc1NC(=O)C1CCN(C(=O)/C=C/c2ccccc2)CC1. The first-order valence-corrected chi connectivity index (χ1v) is 10.1. The second-order valence-corrected chi connectivity index (χ2v) is 7.56. The number of benzene rings is 2. The van der Waals surface area contributed by atoms with Gasteiger partial charge in [-0.2, -0.15) is 0 Å². The third kappa shape index (κ3) is 5.80. The fourth-order valence-electron chi connectivity index (χ4n) is 3.49. The summed E-state index contributed by atoms with van der Waals surface area (Å²) in [4.78, 5) is 38.4. The number of hydrogen-bond donors (Lipinski definition) is 2. The van der Waals surface area contributed by atoms with Crippen LogP contribution in [-0.4, -0.2) is 35.7 Å². The lowest BCUT2D eigenvalue weighted by atomic mass is 9.95. The molecule has 0 spiro atoms. The van der Waals surface area contributed by atoms with Gasteiger partial charge in [0.05, 0.1) is 11.4 Å². The molecule has 2 N–H and O–H groups in total. The molecule has 0 atom stereocenters. The molecule has 2 aromatic carbocycles. The summed E-state index contributed by atoms with van der Waals surface area (Å²) in [5, 5.41) is 5.69. The molecule has 6 heteroatoms. The van der Waals surface area contributed by atoms with Crippen LogP contribution in [0, 0.1) is 12.8 Å². The van der Waals surface area contributed by atoms with E-state index in [1.54, 1.807) is 17.0 Å². The summed E-state index contributed by atoms with van der Waals surface area (Å²) < 4.78 is 0. The van der Waals surface area contributed by atoms with E-state index in [0.717, 1.165) is 11.1 Å². The lowest BCUT2D eigenvalue weighted by molar-refractivity contribution is -0.130. The molecule has 0 aromatic heterocycles. The summed E-state index contributed by atoms with van der Waals surface area (Å²) in [6.07, 6.45) is 4.61. The van der Waals surface area contributed by atoms with Gasteiger partial charge in [0.15, 0.2) is 0 Å². The van der Waals surface area contributed by atoms with Crippen LogP contribution in [0.15, 0.2) is 54.6 Å². The minimum absolute atomic E-state index is 0.0376. The van der Waals surface area contributed by atoms with Gasteiger partial charge in [-0.25, -0.2) is 0 Å². The predicted octanol–water partition coefficient (Wildman–Crippen LogP) is 3.84. The number of hydrogen-bond acceptors (Lipinski definition) is 3. The van der Waals surface area contributed by atoms with Gasteiger partial charge in [-0.05, 0) is 49.1 Å². The standard InChI is InChI=1S/C24H27N3O3/c1-17-8-10-21(25-18(2)28)22(16-17)26-24(30)20-12-14-27(15-13-20)23(29)11-9-19-6-4-3-5-7-19/h3-11,16,20H,12-15H2,1-2H3,(H,25,28)(H,26,30)/b11-9+. The number of aryl methyl sites for hydroxylation is 1. The van der Waals surface area contributed by atoms with Crippen LogP contribution in [0.2, 0.25) is 0 Å². The van der Waals surface area contributed by atoms with Crippen LogP contribution < -0.4 is 10.6 Å². The molecule has 0 bridgehead atoms. The van der Waals surface area contributed by atoms with Crippen molar-refractivity contribution in [3.8, 4) is 0 Å². The van der Waals surface area contributed by atoms with Crippen molar-refractivity contribution in [2.75, 3.05) is 23.7 Å². The van der Waals surface area contributed by atoms with Gasteiger partial charge in [0.2, 0.25) is 17.7 Å². The Bertz CT molecular complexity index is 945. The highest BCUT2D eigenvalue weighted by Gasteiger charge is 2.27. The van der Waals surface area contributed by atoms with Gasteiger partial charge in [0.25, 0.3) is 0 Å². The maximum absolute atomic E-state index is 12.8. The van der Waals surface area contributed by atoms with E-state index in [1.165, 1.54) is 6.92 Å². The van der Waals surface area contributed by atoms with Crippen molar-refractivity contribution in [2.45, 2.75) is 26.7 Å². The number of carbonyl (C=O) groups excluding carboxylic acids is 3. The number of carbonyl (C=O) groups is 3. The first-order valence-electron chi connectivity index (χ1n) is 10.1. The summed E-state index contributed by atoms with van der Waals surface area (Å²) in [6, 6.07) is 15.2. The fourth-order valence-corrected chi connectivity index (χ4v) is 3.49. The third-order valence-corrected chi connectivity index (χ3v) is 5.14. The molecule has 1 heterocycles. The normalized spacial score (nSPS) is 14.5. The Morgan fingerprint density at radius 2 is 1.67 bits per heavy atom. The summed E-state index contributed by atoms with van der Waals surface area (Å²) in [6.45, 7) is 4.45. The summed E-state index contributed by atoms with van der Waals surface area (Å²) in [5.74, 6) is -0.481. The van der Waals surface area contributed by atoms with E-state index in [2.05, 4.69) is 10.6 Å². The van der Waals surface area contributed by atoms with Gasteiger partial charge in [0.1, 0.15) is 0 Å². The monoisotopic (exact) mass is 405 g/mol. The van der Waals surface area contributed by atoms with Crippen LogP contribution in [-0.2, 0) is 14.4 Å². The average molecular weight is 405 g/mol. The Hall–Kier alpha value is -3.41. The molecule has 1 saturated heterocycles. The number of likely N-dealkylation sites (tertiary alicyclic amines) is 1. The zero-order valence-electron chi connectivity index (χ0n) is 17.4. The molecular formula is C24H27N3O3.